The van der Waals surface area contributed by atoms with Crippen LogP contribution in [0.1, 0.15) is 17.8 Å². The standard InChI is InChI=1S/C12H9Br2F2NS/c1-6(11-2-7(13)5-18-11)17-12-9(14)3-8(15)4-10(12)16/h2-6,17H,1H3. The van der Waals surface area contributed by atoms with Crippen LogP contribution >= 0.6 is 43.2 Å². The average Bonchev–Trinajstić information content (AvgIpc) is 2.70. The lowest BCUT2D eigenvalue weighted by molar-refractivity contribution is 0.582. The molecule has 1 unspecified atom stereocenters. The number of benzene rings is 1. The Morgan fingerprint density at radius 3 is 2.50 bits per heavy atom. The Balaban J connectivity index is 2.24. The SMILES string of the molecule is CC(Nc1c(F)cc(F)cc1Br)c1cc(Br)cs1. The van der Waals surface area contributed by atoms with Crippen LogP contribution in [0.15, 0.2) is 32.5 Å². The summed E-state index contributed by atoms with van der Waals surface area (Å²) in [6.07, 6.45) is 0. The maximum atomic E-state index is 13.7. The van der Waals surface area contributed by atoms with Crippen molar-refractivity contribution in [3.05, 3.63) is 49.0 Å². The monoisotopic (exact) mass is 395 g/mol. The van der Waals surface area contributed by atoms with Crippen LogP contribution in [0.25, 0.3) is 0 Å². The number of rotatable bonds is 3. The van der Waals surface area contributed by atoms with Gasteiger partial charge in [-0.15, -0.1) is 11.3 Å². The smallest absolute Gasteiger partial charge is 0.150 e. The molecule has 0 aliphatic carbocycles. The molecule has 0 fully saturated rings. The minimum atomic E-state index is -0.607. The van der Waals surface area contributed by atoms with Crippen LogP contribution in [0, 0.1) is 11.6 Å². The van der Waals surface area contributed by atoms with Crippen LogP contribution in [-0.2, 0) is 0 Å². The zero-order chi connectivity index (χ0) is 13.3. The Kier molecular flexibility index (Phi) is 4.40. The fraction of sp³-hybridized carbons (Fsp3) is 0.167. The van der Waals surface area contributed by atoms with Gasteiger partial charge in [-0.05, 0) is 50.9 Å². The fourth-order valence-electron chi connectivity index (χ4n) is 1.52. The fourth-order valence-corrected chi connectivity index (χ4v) is 3.50. The topological polar surface area (TPSA) is 12.0 Å². The first-order valence-corrected chi connectivity index (χ1v) is 7.59. The van der Waals surface area contributed by atoms with E-state index in [2.05, 4.69) is 37.2 Å². The van der Waals surface area contributed by atoms with Crippen molar-refractivity contribution in [1.29, 1.82) is 0 Å². The van der Waals surface area contributed by atoms with Crippen molar-refractivity contribution >= 4 is 48.9 Å². The molecule has 2 rings (SSSR count). The van der Waals surface area contributed by atoms with E-state index >= 15 is 0 Å². The number of anilines is 1. The lowest BCUT2D eigenvalue weighted by Crippen LogP contribution is -2.07. The lowest BCUT2D eigenvalue weighted by atomic mass is 10.2. The number of nitrogens with one attached hydrogen (secondary N) is 1. The Morgan fingerprint density at radius 2 is 1.94 bits per heavy atom. The second-order valence-corrected chi connectivity index (χ2v) is 6.49. The summed E-state index contributed by atoms with van der Waals surface area (Å²) in [5.41, 5.74) is 0.272. The highest BCUT2D eigenvalue weighted by Crippen LogP contribution is 2.32. The maximum Gasteiger partial charge on any atom is 0.150 e. The molecule has 1 aromatic carbocycles. The van der Waals surface area contributed by atoms with Crippen LogP contribution in [0.2, 0.25) is 0 Å². The number of halogens is 4. The van der Waals surface area contributed by atoms with Crippen LogP contribution < -0.4 is 5.32 Å². The summed E-state index contributed by atoms with van der Waals surface area (Å²) in [5, 5.41) is 5.00. The third kappa shape index (κ3) is 3.10. The second kappa shape index (κ2) is 5.67. The van der Waals surface area contributed by atoms with Crippen molar-refractivity contribution in [2.24, 2.45) is 0 Å². The number of hydrogen-bond donors (Lipinski definition) is 1. The predicted octanol–water partition coefficient (Wildman–Crippen LogP) is 5.72. The Labute approximate surface area is 124 Å². The van der Waals surface area contributed by atoms with Gasteiger partial charge in [-0.25, -0.2) is 8.78 Å². The molecule has 6 heteroatoms. The molecule has 0 radical (unpaired) electrons. The maximum absolute atomic E-state index is 13.7. The van der Waals surface area contributed by atoms with Gasteiger partial charge in [-0.1, -0.05) is 0 Å². The summed E-state index contributed by atoms with van der Waals surface area (Å²) in [7, 11) is 0. The molecule has 0 aliphatic heterocycles. The van der Waals surface area contributed by atoms with Crippen LogP contribution in [0.4, 0.5) is 14.5 Å². The molecule has 0 saturated carbocycles. The van der Waals surface area contributed by atoms with Crippen molar-refractivity contribution in [3.63, 3.8) is 0 Å². The van der Waals surface area contributed by atoms with E-state index in [9.17, 15) is 8.78 Å². The molecule has 0 spiro atoms. The van der Waals surface area contributed by atoms with E-state index in [1.165, 1.54) is 6.07 Å². The van der Waals surface area contributed by atoms with E-state index in [1.54, 1.807) is 11.3 Å². The Bertz CT molecular complexity index is 548. The van der Waals surface area contributed by atoms with Gasteiger partial charge in [0.15, 0.2) is 0 Å². The third-order valence-corrected chi connectivity index (χ3v) is 4.88. The van der Waals surface area contributed by atoms with E-state index in [4.69, 9.17) is 0 Å². The van der Waals surface area contributed by atoms with E-state index in [1.807, 2.05) is 18.4 Å². The van der Waals surface area contributed by atoms with Gasteiger partial charge in [-0.2, -0.15) is 0 Å². The minimum absolute atomic E-state index is 0.0578. The van der Waals surface area contributed by atoms with E-state index in [0.717, 1.165) is 15.4 Å². The summed E-state index contributed by atoms with van der Waals surface area (Å²) < 4.78 is 28.0. The van der Waals surface area contributed by atoms with Gasteiger partial charge in [0.05, 0.1) is 11.7 Å². The molecule has 0 amide bonds. The van der Waals surface area contributed by atoms with Gasteiger partial charge in [0, 0.05) is 25.3 Å². The van der Waals surface area contributed by atoms with Gasteiger partial charge >= 0.3 is 0 Å². The highest BCUT2D eigenvalue weighted by molar-refractivity contribution is 9.10. The molecule has 1 nitrogen and oxygen atoms in total. The lowest BCUT2D eigenvalue weighted by Gasteiger charge is -2.15. The normalized spacial score (nSPS) is 12.5. The molecule has 1 heterocycles. The van der Waals surface area contributed by atoms with Gasteiger partial charge in [0.2, 0.25) is 0 Å². The van der Waals surface area contributed by atoms with Crippen molar-refractivity contribution in [1.82, 2.24) is 0 Å². The van der Waals surface area contributed by atoms with Crippen molar-refractivity contribution in [2.75, 3.05) is 5.32 Å². The molecule has 1 atom stereocenters. The molecule has 18 heavy (non-hydrogen) atoms. The molecule has 0 aliphatic rings. The zero-order valence-electron chi connectivity index (χ0n) is 9.31. The van der Waals surface area contributed by atoms with Crippen molar-refractivity contribution < 1.29 is 8.78 Å². The molecule has 0 saturated heterocycles. The van der Waals surface area contributed by atoms with E-state index in [0.29, 0.717) is 4.47 Å². The number of hydrogen-bond acceptors (Lipinski definition) is 2. The Hall–Kier alpha value is -0.460. The molecular formula is C12H9Br2F2NS. The molecule has 1 aromatic heterocycles. The predicted molar refractivity (Wildman–Crippen MR) is 78.1 cm³/mol. The first kappa shape index (κ1) is 14.0. The van der Waals surface area contributed by atoms with Crippen molar-refractivity contribution in [3.8, 4) is 0 Å². The zero-order valence-corrected chi connectivity index (χ0v) is 13.3. The number of thiophene rings is 1. The van der Waals surface area contributed by atoms with Crippen LogP contribution in [0.5, 0.6) is 0 Å². The quantitative estimate of drug-likeness (QED) is 0.698. The summed E-state index contributed by atoms with van der Waals surface area (Å²) in [4.78, 5) is 1.07. The highest BCUT2D eigenvalue weighted by Gasteiger charge is 2.14. The second-order valence-electron chi connectivity index (χ2n) is 3.78. The summed E-state index contributed by atoms with van der Waals surface area (Å²) in [6.45, 7) is 1.92. The van der Waals surface area contributed by atoms with E-state index in [-0.39, 0.29) is 11.7 Å². The van der Waals surface area contributed by atoms with E-state index < -0.39 is 11.6 Å². The largest absolute Gasteiger partial charge is 0.374 e. The third-order valence-electron chi connectivity index (χ3n) is 2.38. The first-order chi connectivity index (χ1) is 8.47. The molecule has 96 valence electrons. The molecule has 1 N–H and O–H groups in total. The van der Waals surface area contributed by atoms with Gasteiger partial charge < -0.3 is 5.32 Å². The van der Waals surface area contributed by atoms with Crippen LogP contribution in [-0.4, -0.2) is 0 Å². The highest BCUT2D eigenvalue weighted by atomic mass is 79.9. The molecule has 2 aromatic rings. The average molecular weight is 397 g/mol. The van der Waals surface area contributed by atoms with Crippen LogP contribution in [0.3, 0.4) is 0 Å². The Morgan fingerprint density at radius 1 is 1.22 bits per heavy atom. The summed E-state index contributed by atoms with van der Waals surface area (Å²) in [5.74, 6) is -1.21. The molecule has 0 bridgehead atoms. The molecular weight excluding hydrogens is 388 g/mol. The minimum Gasteiger partial charge on any atom is -0.374 e. The van der Waals surface area contributed by atoms with Gasteiger partial charge in [-0.3, -0.25) is 0 Å². The summed E-state index contributed by atoms with van der Waals surface area (Å²) in [6, 6.07) is 4.02. The van der Waals surface area contributed by atoms with Gasteiger partial charge in [0.25, 0.3) is 0 Å². The first-order valence-electron chi connectivity index (χ1n) is 5.12. The summed E-state index contributed by atoms with van der Waals surface area (Å²) >= 11 is 8.10. The van der Waals surface area contributed by atoms with Gasteiger partial charge in [0.1, 0.15) is 11.6 Å². The van der Waals surface area contributed by atoms with Crippen molar-refractivity contribution in [2.45, 2.75) is 13.0 Å².